The summed E-state index contributed by atoms with van der Waals surface area (Å²) in [5.41, 5.74) is 3.04. The number of anilines is 1. The lowest BCUT2D eigenvalue weighted by atomic mass is 10.1. The number of carbonyl (C=O) groups excluding carboxylic acids is 1. The predicted molar refractivity (Wildman–Crippen MR) is 140 cm³/mol. The molecule has 0 aliphatic carbocycles. The SMILES string of the molecule is CN1C(=O)C(=Cc2nc3ccc(I)cc3c(=O)n2-c2ccc(Cl)cc2)c2cc(Br)ccc21. The molecule has 1 amide bonds. The van der Waals surface area contributed by atoms with Crippen LogP contribution in [0.5, 0.6) is 0 Å². The van der Waals surface area contributed by atoms with Crippen LogP contribution in [-0.4, -0.2) is 22.5 Å². The molecule has 0 saturated carbocycles. The van der Waals surface area contributed by atoms with Gasteiger partial charge in [0.15, 0.2) is 0 Å². The van der Waals surface area contributed by atoms with Gasteiger partial charge in [0.25, 0.3) is 11.5 Å². The van der Waals surface area contributed by atoms with Crippen molar-refractivity contribution in [1.82, 2.24) is 9.55 Å². The van der Waals surface area contributed by atoms with E-state index < -0.39 is 0 Å². The molecule has 0 fully saturated rings. The summed E-state index contributed by atoms with van der Waals surface area (Å²) in [6.07, 6.45) is 1.69. The van der Waals surface area contributed by atoms with Gasteiger partial charge in [-0.15, -0.1) is 0 Å². The van der Waals surface area contributed by atoms with Crippen molar-refractivity contribution < 1.29 is 4.79 Å². The van der Waals surface area contributed by atoms with Gasteiger partial charge in [0.05, 0.1) is 27.9 Å². The Balaban J connectivity index is 1.83. The van der Waals surface area contributed by atoms with Crippen LogP contribution in [0.4, 0.5) is 5.69 Å². The molecule has 0 spiro atoms. The van der Waals surface area contributed by atoms with Crippen LogP contribution in [0.15, 0.2) is 69.9 Å². The van der Waals surface area contributed by atoms with Crippen molar-refractivity contribution in [1.29, 1.82) is 0 Å². The lowest BCUT2D eigenvalue weighted by Gasteiger charge is -2.12. The van der Waals surface area contributed by atoms with E-state index in [1.807, 2.05) is 36.4 Å². The Labute approximate surface area is 210 Å². The zero-order valence-electron chi connectivity index (χ0n) is 16.6. The predicted octanol–water partition coefficient (Wildman–Crippen LogP) is 5.92. The zero-order valence-corrected chi connectivity index (χ0v) is 21.1. The molecule has 4 aromatic rings. The topological polar surface area (TPSA) is 55.2 Å². The second kappa shape index (κ2) is 8.13. The molecule has 8 heteroatoms. The molecular weight excluding hydrogens is 605 g/mol. The van der Waals surface area contributed by atoms with Gasteiger partial charge < -0.3 is 4.90 Å². The van der Waals surface area contributed by atoms with Gasteiger partial charge in [-0.1, -0.05) is 27.5 Å². The number of carbonyl (C=O) groups is 1. The van der Waals surface area contributed by atoms with Crippen LogP contribution in [-0.2, 0) is 4.79 Å². The highest BCUT2D eigenvalue weighted by Gasteiger charge is 2.30. The minimum atomic E-state index is -0.212. The monoisotopic (exact) mass is 617 g/mol. The Morgan fingerprint density at radius 2 is 1.78 bits per heavy atom. The number of rotatable bonds is 2. The minimum Gasteiger partial charge on any atom is -0.311 e. The van der Waals surface area contributed by atoms with Crippen molar-refractivity contribution in [3.05, 3.63) is 95.5 Å². The van der Waals surface area contributed by atoms with E-state index in [1.165, 1.54) is 4.57 Å². The lowest BCUT2D eigenvalue weighted by molar-refractivity contribution is -0.112. The van der Waals surface area contributed by atoms with Crippen molar-refractivity contribution >= 4 is 84.3 Å². The van der Waals surface area contributed by atoms with Crippen LogP contribution >= 0.6 is 50.1 Å². The average Bonchev–Trinajstić information content (AvgIpc) is 3.00. The van der Waals surface area contributed by atoms with Gasteiger partial charge >= 0.3 is 0 Å². The first-order valence-corrected chi connectivity index (χ1v) is 11.9. The first kappa shape index (κ1) is 21.4. The van der Waals surface area contributed by atoms with Crippen molar-refractivity contribution in [2.45, 2.75) is 0 Å². The summed E-state index contributed by atoms with van der Waals surface area (Å²) >= 11 is 11.7. The highest BCUT2D eigenvalue weighted by Crippen LogP contribution is 2.38. The Hall–Kier alpha value is -2.49. The van der Waals surface area contributed by atoms with Crippen molar-refractivity contribution in [2.75, 3.05) is 11.9 Å². The second-order valence-electron chi connectivity index (χ2n) is 7.33. The summed E-state index contributed by atoms with van der Waals surface area (Å²) in [4.78, 5) is 33.0. The van der Waals surface area contributed by atoms with Crippen LogP contribution in [0, 0.1) is 3.57 Å². The molecule has 0 radical (unpaired) electrons. The Morgan fingerprint density at radius 3 is 2.53 bits per heavy atom. The van der Waals surface area contributed by atoms with Gasteiger partial charge in [0.2, 0.25) is 0 Å². The quantitative estimate of drug-likeness (QED) is 0.207. The van der Waals surface area contributed by atoms with Gasteiger partial charge in [-0.3, -0.25) is 14.2 Å². The number of fused-ring (bicyclic) bond motifs is 2. The van der Waals surface area contributed by atoms with E-state index in [4.69, 9.17) is 16.6 Å². The molecule has 1 aromatic heterocycles. The molecule has 1 aliphatic heterocycles. The number of nitrogens with zero attached hydrogens (tertiary/aromatic N) is 3. The highest BCUT2D eigenvalue weighted by molar-refractivity contribution is 14.1. The highest BCUT2D eigenvalue weighted by atomic mass is 127. The van der Waals surface area contributed by atoms with Gasteiger partial charge in [-0.25, -0.2) is 4.98 Å². The molecule has 0 saturated heterocycles. The summed E-state index contributed by atoms with van der Waals surface area (Å²) < 4.78 is 3.32. The number of hydrogen-bond donors (Lipinski definition) is 0. The maximum absolute atomic E-state index is 13.6. The summed E-state index contributed by atoms with van der Waals surface area (Å²) in [5.74, 6) is 0.216. The van der Waals surface area contributed by atoms with Gasteiger partial charge in [0, 0.05) is 25.7 Å². The maximum atomic E-state index is 13.6. The van der Waals surface area contributed by atoms with E-state index in [-0.39, 0.29) is 11.5 Å². The zero-order chi connectivity index (χ0) is 22.6. The fourth-order valence-electron chi connectivity index (χ4n) is 3.80. The van der Waals surface area contributed by atoms with Crippen LogP contribution in [0.3, 0.4) is 0 Å². The summed E-state index contributed by atoms with van der Waals surface area (Å²) in [7, 11) is 1.73. The van der Waals surface area contributed by atoms with Crippen LogP contribution in [0.25, 0.3) is 28.2 Å². The fourth-order valence-corrected chi connectivity index (χ4v) is 4.78. The molecule has 0 atom stereocenters. The first-order valence-electron chi connectivity index (χ1n) is 9.61. The van der Waals surface area contributed by atoms with E-state index in [9.17, 15) is 9.59 Å². The number of halogens is 3. The van der Waals surface area contributed by atoms with Gasteiger partial charge in [-0.2, -0.15) is 0 Å². The van der Waals surface area contributed by atoms with Crippen molar-refractivity contribution in [3.8, 4) is 5.69 Å². The third-order valence-electron chi connectivity index (χ3n) is 5.36. The number of amides is 1. The number of benzene rings is 3. The normalized spacial score (nSPS) is 14.4. The van der Waals surface area contributed by atoms with Crippen LogP contribution in [0.1, 0.15) is 11.4 Å². The van der Waals surface area contributed by atoms with E-state index in [0.717, 1.165) is 19.3 Å². The number of likely N-dealkylation sites (N-methyl/N-ethyl adjacent to an activating group) is 1. The Kier molecular flexibility index (Phi) is 5.43. The molecule has 5 nitrogen and oxygen atoms in total. The van der Waals surface area contributed by atoms with Crippen LogP contribution < -0.4 is 10.5 Å². The molecule has 1 aliphatic rings. The molecule has 0 bridgehead atoms. The Bertz CT molecular complexity index is 1510. The van der Waals surface area contributed by atoms with Gasteiger partial charge in [-0.05, 0) is 89.3 Å². The standard InChI is InChI=1S/C24H14BrClIN3O2/c1-29-21-9-2-13(25)10-17(21)18(23(29)31)12-22-28-20-8-5-15(27)11-19(20)24(32)30(22)16-6-3-14(26)4-7-16/h2-12H,1H3. The smallest absolute Gasteiger partial charge is 0.266 e. The van der Waals surface area contributed by atoms with E-state index in [1.54, 1.807) is 42.3 Å². The Morgan fingerprint density at radius 1 is 1.03 bits per heavy atom. The van der Waals surface area contributed by atoms with E-state index in [0.29, 0.717) is 33.0 Å². The van der Waals surface area contributed by atoms with Crippen molar-refractivity contribution in [2.24, 2.45) is 0 Å². The van der Waals surface area contributed by atoms with Crippen LogP contribution in [0.2, 0.25) is 5.02 Å². The molecule has 0 unspecified atom stereocenters. The molecule has 3 aromatic carbocycles. The van der Waals surface area contributed by atoms with Crippen molar-refractivity contribution in [3.63, 3.8) is 0 Å². The number of aromatic nitrogens is 2. The fraction of sp³-hybridized carbons (Fsp3) is 0.0417. The molecular formula is C24H14BrClIN3O2. The minimum absolute atomic E-state index is 0.155. The average molecular weight is 619 g/mol. The third kappa shape index (κ3) is 3.58. The molecule has 0 N–H and O–H groups in total. The summed E-state index contributed by atoms with van der Waals surface area (Å²) in [6, 6.07) is 18.2. The molecule has 2 heterocycles. The first-order chi connectivity index (χ1) is 15.3. The second-order valence-corrected chi connectivity index (χ2v) is 9.93. The maximum Gasteiger partial charge on any atom is 0.266 e. The third-order valence-corrected chi connectivity index (χ3v) is 6.78. The van der Waals surface area contributed by atoms with E-state index in [2.05, 4.69) is 38.5 Å². The summed E-state index contributed by atoms with van der Waals surface area (Å²) in [5, 5.41) is 1.07. The largest absolute Gasteiger partial charge is 0.311 e. The molecule has 32 heavy (non-hydrogen) atoms. The van der Waals surface area contributed by atoms with Gasteiger partial charge in [0.1, 0.15) is 5.82 Å². The molecule has 158 valence electrons. The molecule has 5 rings (SSSR count). The lowest BCUT2D eigenvalue weighted by Crippen LogP contribution is -2.23. The summed E-state index contributed by atoms with van der Waals surface area (Å²) in [6.45, 7) is 0. The number of hydrogen-bond acceptors (Lipinski definition) is 3. The van der Waals surface area contributed by atoms with E-state index >= 15 is 0 Å².